The van der Waals surface area contributed by atoms with Gasteiger partial charge in [0.25, 0.3) is 0 Å². The van der Waals surface area contributed by atoms with Gasteiger partial charge in [-0.1, -0.05) is 13.0 Å². The molecule has 0 spiro atoms. The molecule has 1 aliphatic rings. The van der Waals surface area contributed by atoms with E-state index in [1.165, 1.54) is 12.0 Å². The van der Waals surface area contributed by atoms with Gasteiger partial charge in [-0.3, -0.25) is 9.69 Å². The lowest BCUT2D eigenvalue weighted by molar-refractivity contribution is -0.138. The second-order valence-electron chi connectivity index (χ2n) is 10.7. The molecule has 1 saturated heterocycles. The van der Waals surface area contributed by atoms with Gasteiger partial charge in [-0.2, -0.15) is 0 Å². The van der Waals surface area contributed by atoms with E-state index in [-0.39, 0.29) is 38.0 Å². The quantitative estimate of drug-likeness (QED) is 0.281. The predicted molar refractivity (Wildman–Crippen MR) is 155 cm³/mol. The number of aromatic nitrogens is 2. The van der Waals surface area contributed by atoms with Gasteiger partial charge in [-0.05, 0) is 24.1 Å². The van der Waals surface area contributed by atoms with Crippen LogP contribution >= 0.6 is 0 Å². The monoisotopic (exact) mass is 602 g/mol. The zero-order chi connectivity index (χ0) is 30.8. The molecule has 0 unspecified atom stereocenters. The molecular weight excluding hydrogens is 562 g/mol. The van der Waals surface area contributed by atoms with Crippen molar-refractivity contribution in [3.63, 3.8) is 0 Å². The van der Waals surface area contributed by atoms with Crippen LogP contribution in [0.1, 0.15) is 24.7 Å². The first-order chi connectivity index (χ1) is 20.7. The average Bonchev–Trinajstić information content (AvgIpc) is 3.36. The van der Waals surface area contributed by atoms with Gasteiger partial charge in [-0.25, -0.2) is 13.8 Å². The summed E-state index contributed by atoms with van der Waals surface area (Å²) in [5.41, 5.74) is -0.607. The first-order valence-corrected chi connectivity index (χ1v) is 14.3. The molecule has 1 N–H and O–H groups in total. The van der Waals surface area contributed by atoms with E-state index in [1.807, 2.05) is 29.3 Å². The Labute approximate surface area is 250 Å². The van der Waals surface area contributed by atoms with Gasteiger partial charge in [0.1, 0.15) is 42.0 Å². The number of carbonyl (C=O) groups excluding carboxylic acids is 1. The van der Waals surface area contributed by atoms with Crippen molar-refractivity contribution in [3.05, 3.63) is 71.8 Å². The molecule has 0 aliphatic carbocycles. The van der Waals surface area contributed by atoms with Crippen molar-refractivity contribution in [1.82, 2.24) is 19.4 Å². The Morgan fingerprint density at radius 3 is 2.56 bits per heavy atom. The van der Waals surface area contributed by atoms with Crippen molar-refractivity contribution in [2.75, 3.05) is 60.2 Å². The second kappa shape index (κ2) is 15.1. The first kappa shape index (κ1) is 32.2. The van der Waals surface area contributed by atoms with Crippen LogP contribution < -0.4 is 14.2 Å². The minimum absolute atomic E-state index is 0.0306. The molecule has 1 atom stereocenters. The van der Waals surface area contributed by atoms with Crippen LogP contribution in [0.15, 0.2) is 48.8 Å². The van der Waals surface area contributed by atoms with E-state index in [4.69, 9.17) is 18.9 Å². The number of nitrogens with zero attached hydrogens (tertiary/aromatic N) is 4. The number of carbonyl (C=O) groups is 1. The molecular formula is C31H40F2N4O6. The highest BCUT2D eigenvalue weighted by Crippen LogP contribution is 2.29. The molecule has 0 bridgehead atoms. The fourth-order valence-electron chi connectivity index (χ4n) is 5.19. The third kappa shape index (κ3) is 9.12. The molecule has 43 heavy (non-hydrogen) atoms. The van der Waals surface area contributed by atoms with Crippen LogP contribution in [0.4, 0.5) is 8.78 Å². The highest BCUT2D eigenvalue weighted by Gasteiger charge is 2.37. The molecule has 1 amide bonds. The standard InChI is InChI=1S/C31H40F2N4O6/c1-4-29-34-8-10-36(29)9-5-13-42-28-14-23(6-7-27(28)41-3)18-35-11-12-37(30(38)19-40-2)21-31(39,20-35)22-43-26-16-24(32)15-25(33)17-26/h6-8,10,14-17,39H,4-5,9,11-13,18-22H2,1-3H3/t31-/m0/s1. The number of hydrogen-bond donors (Lipinski definition) is 1. The van der Waals surface area contributed by atoms with Crippen LogP contribution in [-0.4, -0.2) is 96.2 Å². The van der Waals surface area contributed by atoms with Gasteiger partial charge in [0.15, 0.2) is 11.5 Å². The number of amides is 1. The van der Waals surface area contributed by atoms with E-state index < -0.39 is 17.2 Å². The molecule has 1 aromatic heterocycles. The van der Waals surface area contributed by atoms with Crippen molar-refractivity contribution in [3.8, 4) is 17.2 Å². The number of aliphatic hydroxyl groups is 1. The molecule has 0 saturated carbocycles. The second-order valence-corrected chi connectivity index (χ2v) is 10.7. The summed E-state index contributed by atoms with van der Waals surface area (Å²) in [6.07, 6.45) is 5.42. The molecule has 1 aliphatic heterocycles. The number of aryl methyl sites for hydroxylation is 2. The summed E-state index contributed by atoms with van der Waals surface area (Å²) in [5.74, 6) is 0.361. The SMILES string of the molecule is CCc1nccn1CCCOc1cc(CN2CCN(C(=O)COC)C[C@](O)(COc3cc(F)cc(F)c3)C2)ccc1OC. The molecule has 2 heterocycles. The van der Waals surface area contributed by atoms with Crippen molar-refractivity contribution >= 4 is 5.91 Å². The number of ether oxygens (including phenoxy) is 4. The molecule has 2 aromatic carbocycles. The Kier molecular flexibility index (Phi) is 11.3. The van der Waals surface area contributed by atoms with Crippen molar-refractivity contribution in [2.24, 2.45) is 0 Å². The topological polar surface area (TPSA) is 98.5 Å². The number of benzene rings is 2. The summed E-state index contributed by atoms with van der Waals surface area (Å²) in [6, 6.07) is 8.52. The maximum Gasteiger partial charge on any atom is 0.248 e. The Hall–Kier alpha value is -3.74. The molecule has 10 nitrogen and oxygen atoms in total. The minimum atomic E-state index is -1.53. The number of hydrogen-bond acceptors (Lipinski definition) is 8. The number of halogens is 2. The Bertz CT molecular complexity index is 1340. The highest BCUT2D eigenvalue weighted by atomic mass is 19.1. The smallest absolute Gasteiger partial charge is 0.248 e. The molecule has 0 radical (unpaired) electrons. The maximum atomic E-state index is 13.7. The average molecular weight is 603 g/mol. The van der Waals surface area contributed by atoms with Gasteiger partial charge in [0.2, 0.25) is 5.91 Å². The third-order valence-electron chi connectivity index (χ3n) is 7.21. The lowest BCUT2D eigenvalue weighted by atomic mass is 10.0. The lowest BCUT2D eigenvalue weighted by Crippen LogP contribution is -2.52. The van der Waals surface area contributed by atoms with Crippen molar-refractivity contribution in [1.29, 1.82) is 0 Å². The number of rotatable bonds is 14. The molecule has 3 aromatic rings. The van der Waals surface area contributed by atoms with E-state index in [2.05, 4.69) is 16.5 Å². The summed E-state index contributed by atoms with van der Waals surface area (Å²) in [4.78, 5) is 20.6. The highest BCUT2D eigenvalue weighted by molar-refractivity contribution is 5.77. The summed E-state index contributed by atoms with van der Waals surface area (Å²) in [5, 5.41) is 11.6. The van der Waals surface area contributed by atoms with Crippen LogP contribution in [0.25, 0.3) is 0 Å². The molecule has 234 valence electrons. The maximum absolute atomic E-state index is 13.7. The van der Waals surface area contributed by atoms with E-state index in [1.54, 1.807) is 13.3 Å². The number of imidazole rings is 1. The zero-order valence-corrected chi connectivity index (χ0v) is 24.9. The summed E-state index contributed by atoms with van der Waals surface area (Å²) in [6.45, 7) is 4.32. The van der Waals surface area contributed by atoms with Gasteiger partial charge in [0.05, 0.1) is 20.3 Å². The molecule has 1 fully saturated rings. The van der Waals surface area contributed by atoms with Crippen LogP contribution in [0.5, 0.6) is 17.2 Å². The van der Waals surface area contributed by atoms with Gasteiger partial charge >= 0.3 is 0 Å². The van der Waals surface area contributed by atoms with E-state index >= 15 is 0 Å². The Balaban J connectivity index is 1.44. The largest absolute Gasteiger partial charge is 0.493 e. The number of methoxy groups -OCH3 is 2. The van der Waals surface area contributed by atoms with Gasteiger partial charge < -0.3 is 33.5 Å². The summed E-state index contributed by atoms with van der Waals surface area (Å²) >= 11 is 0. The zero-order valence-electron chi connectivity index (χ0n) is 24.9. The van der Waals surface area contributed by atoms with E-state index in [9.17, 15) is 18.7 Å². The molecule has 4 rings (SSSR count). The predicted octanol–water partition coefficient (Wildman–Crippen LogP) is 3.30. The summed E-state index contributed by atoms with van der Waals surface area (Å²) < 4.78 is 51.8. The number of β-amino-alcohol motifs (C(OH)–C–C–N with tert-alkyl or cyclic N) is 1. The van der Waals surface area contributed by atoms with Crippen LogP contribution in [0, 0.1) is 11.6 Å². The van der Waals surface area contributed by atoms with E-state index in [0.29, 0.717) is 37.7 Å². The minimum Gasteiger partial charge on any atom is -0.493 e. The van der Waals surface area contributed by atoms with Gasteiger partial charge in [0, 0.05) is 76.8 Å². The van der Waals surface area contributed by atoms with Crippen LogP contribution in [-0.2, 0) is 29.0 Å². The Morgan fingerprint density at radius 1 is 1.05 bits per heavy atom. The van der Waals surface area contributed by atoms with Crippen LogP contribution in [0.2, 0.25) is 0 Å². The van der Waals surface area contributed by atoms with Crippen molar-refractivity contribution < 1.29 is 37.6 Å². The summed E-state index contributed by atoms with van der Waals surface area (Å²) in [7, 11) is 3.02. The lowest BCUT2D eigenvalue weighted by Gasteiger charge is -2.33. The fraction of sp³-hybridized carbons (Fsp3) is 0.484. The third-order valence-corrected chi connectivity index (χ3v) is 7.21. The van der Waals surface area contributed by atoms with Crippen molar-refractivity contribution in [2.45, 2.75) is 38.5 Å². The van der Waals surface area contributed by atoms with Gasteiger partial charge in [-0.15, -0.1) is 0 Å². The van der Waals surface area contributed by atoms with Crippen LogP contribution in [0.3, 0.4) is 0 Å². The van der Waals surface area contributed by atoms with E-state index in [0.717, 1.165) is 49.0 Å². The first-order valence-electron chi connectivity index (χ1n) is 14.3. The normalized spacial score (nSPS) is 17.5. The Morgan fingerprint density at radius 2 is 1.84 bits per heavy atom. The molecule has 12 heteroatoms. The fourth-order valence-corrected chi connectivity index (χ4v) is 5.19.